The molecule has 224 valence electrons. The number of halogens is 3. The van der Waals surface area contributed by atoms with E-state index >= 15 is 0 Å². The Kier molecular flexibility index (Phi) is 37.3. The molecule has 0 rings (SSSR count). The molecule has 0 aromatic carbocycles. The van der Waals surface area contributed by atoms with Gasteiger partial charge in [-0.2, -0.15) is 0 Å². The van der Waals surface area contributed by atoms with Gasteiger partial charge in [0.15, 0.2) is 0 Å². The Hall–Kier alpha value is 0.0900. The fraction of sp³-hybridized carbons (Fsp3) is 0.630. The van der Waals surface area contributed by atoms with E-state index in [2.05, 4.69) is 29.4 Å². The molecule has 0 bridgehead atoms. The summed E-state index contributed by atoms with van der Waals surface area (Å²) >= 11 is 3.06. The van der Waals surface area contributed by atoms with Crippen LogP contribution in [0.3, 0.4) is 0 Å². The zero-order chi connectivity index (χ0) is 29.6. The van der Waals surface area contributed by atoms with Crippen molar-refractivity contribution in [2.45, 2.75) is 52.4 Å². The number of hydrogen-bond donors (Lipinski definition) is 0. The van der Waals surface area contributed by atoms with Gasteiger partial charge < -0.3 is 12.6 Å². The summed E-state index contributed by atoms with van der Waals surface area (Å²) in [5.41, 5.74) is 0.387. The SMILES string of the molecule is C=C(C)C(=O)OCCCC(C)=O.C=CC(CCOCOI)CC(C=C)CC(C=C)CCO[I-]OC.COI. The molecule has 0 saturated heterocycles. The maximum atomic E-state index is 10.8. The smallest absolute Gasteiger partial charge is 0.109 e. The van der Waals surface area contributed by atoms with Crippen LogP contribution >= 0.6 is 46.0 Å². The van der Waals surface area contributed by atoms with Gasteiger partial charge >= 0.3 is 147 Å². The molecule has 0 aliphatic carbocycles. The van der Waals surface area contributed by atoms with Crippen LogP contribution in [-0.2, 0) is 31.3 Å². The Balaban J connectivity index is -0.000000681. The van der Waals surface area contributed by atoms with E-state index < -0.39 is 28.0 Å². The molecule has 3 atom stereocenters. The largest absolute Gasteiger partial charge is 0.319 e. The van der Waals surface area contributed by atoms with E-state index in [-0.39, 0.29) is 5.78 Å². The van der Waals surface area contributed by atoms with Crippen molar-refractivity contribution in [3.05, 3.63) is 50.1 Å². The Bertz CT molecular complexity index is 605. The van der Waals surface area contributed by atoms with E-state index in [9.17, 15) is 9.59 Å². The van der Waals surface area contributed by atoms with Crippen LogP contribution in [0.2, 0.25) is 0 Å². The van der Waals surface area contributed by atoms with Crippen LogP contribution in [0.25, 0.3) is 0 Å². The summed E-state index contributed by atoms with van der Waals surface area (Å²) in [7, 11) is 3.29. The quantitative estimate of drug-likeness (QED) is 0.0397. The molecule has 8 nitrogen and oxygen atoms in total. The first-order valence-corrected chi connectivity index (χ1v) is 15.6. The maximum Gasteiger partial charge on any atom is 0.109 e. The molecule has 0 aliphatic rings. The van der Waals surface area contributed by atoms with Crippen molar-refractivity contribution in [3.63, 3.8) is 0 Å². The summed E-state index contributed by atoms with van der Waals surface area (Å²) in [4.78, 5) is 21.2. The fourth-order valence-electron chi connectivity index (χ4n) is 2.94. The monoisotopic (exact) mass is 879 g/mol. The first-order chi connectivity index (χ1) is 18.2. The topological polar surface area (TPSA) is 89.5 Å². The van der Waals surface area contributed by atoms with Crippen molar-refractivity contribution in [2.24, 2.45) is 17.8 Å². The summed E-state index contributed by atoms with van der Waals surface area (Å²) in [6.07, 6.45) is 11.2. The van der Waals surface area contributed by atoms with Gasteiger partial charge in [-0.25, -0.2) is 4.79 Å². The predicted octanol–water partition coefficient (Wildman–Crippen LogP) is 4.33. The number of ketones is 1. The van der Waals surface area contributed by atoms with Gasteiger partial charge in [0, 0.05) is 19.1 Å². The number of esters is 1. The second kappa shape index (κ2) is 33.3. The zero-order valence-electron chi connectivity index (χ0n) is 23.3. The van der Waals surface area contributed by atoms with Crippen LogP contribution in [0, 0.1) is 17.8 Å². The molecule has 0 radical (unpaired) electrons. The summed E-state index contributed by atoms with van der Waals surface area (Å²) < 4.78 is 29.7. The van der Waals surface area contributed by atoms with Crippen molar-refractivity contribution in [2.75, 3.05) is 40.8 Å². The molecule has 3 unspecified atom stereocenters. The summed E-state index contributed by atoms with van der Waals surface area (Å²) in [6.45, 7) is 20.5. The van der Waals surface area contributed by atoms with E-state index in [1.54, 1.807) is 44.1 Å². The van der Waals surface area contributed by atoms with Gasteiger partial charge in [-0.3, -0.25) is 3.07 Å². The molecule has 0 heterocycles. The number of carbonyl (C=O) groups is 2. The van der Waals surface area contributed by atoms with E-state index in [0.717, 1.165) is 32.3 Å². The molecule has 0 aliphatic heterocycles. The third-order valence-corrected chi connectivity index (χ3v) is 6.21. The van der Waals surface area contributed by atoms with E-state index in [4.69, 9.17) is 18.7 Å². The number of allylic oxidation sites excluding steroid dienone is 3. The Morgan fingerprint density at radius 2 is 1.42 bits per heavy atom. The van der Waals surface area contributed by atoms with Crippen molar-refractivity contribution >= 4 is 57.8 Å². The molecule has 38 heavy (non-hydrogen) atoms. The van der Waals surface area contributed by atoms with Gasteiger partial charge in [0.05, 0.1) is 6.61 Å². The summed E-state index contributed by atoms with van der Waals surface area (Å²) in [5, 5.41) is 0. The third kappa shape index (κ3) is 32.3. The van der Waals surface area contributed by atoms with Crippen LogP contribution in [0.5, 0.6) is 0 Å². The Morgan fingerprint density at radius 1 is 0.895 bits per heavy atom. The number of ether oxygens (including phenoxy) is 2. The average Bonchev–Trinajstić information content (AvgIpc) is 2.89. The van der Waals surface area contributed by atoms with Gasteiger partial charge in [-0.05, 0) is 20.3 Å². The minimum atomic E-state index is -0.554. The molecule has 0 amide bonds. The van der Waals surface area contributed by atoms with Crippen LogP contribution in [0.4, 0.5) is 0 Å². The fourth-order valence-corrected chi connectivity index (χ4v) is 3.80. The Labute approximate surface area is 270 Å². The summed E-state index contributed by atoms with van der Waals surface area (Å²) in [6, 6.07) is 0. The number of rotatable bonds is 22. The molecule has 0 N–H and O–H groups in total. The van der Waals surface area contributed by atoms with Gasteiger partial charge in [-0.15, -0.1) is 0 Å². The molecule has 0 aromatic rings. The third-order valence-electron chi connectivity index (χ3n) is 4.90. The molecular formula is C27H46I3O8-. The van der Waals surface area contributed by atoms with Crippen LogP contribution in [0.1, 0.15) is 52.4 Å². The molecule has 0 spiro atoms. The second-order valence-corrected chi connectivity index (χ2v) is 11.4. The minimum absolute atomic E-state index is 0.112. The standard InChI is InChI=1S/C17H29I2O4.C9H14O3.CH3IO/c1-5-15(8-10-21-14-22-18)12-17(7-3)13-16(6-2)9-11-23-19-20-4;1-7(2)9(11)12-6-4-5-8(3)10;1-3-2/h5-7,15-17H,1-3,8-14H2,4H3;1,4-6H2,2-3H3;1H3/q-1;;. The molecule has 0 aromatic heterocycles. The van der Waals surface area contributed by atoms with E-state index in [1.807, 2.05) is 41.2 Å². The minimum Gasteiger partial charge on any atom is -0.319 e. The first kappa shape index (κ1) is 42.6. The van der Waals surface area contributed by atoms with Crippen LogP contribution in [-0.4, -0.2) is 52.6 Å². The molecular weight excluding hydrogens is 833 g/mol. The van der Waals surface area contributed by atoms with Crippen LogP contribution < -0.4 is 22.0 Å². The van der Waals surface area contributed by atoms with Gasteiger partial charge in [0.25, 0.3) is 0 Å². The van der Waals surface area contributed by atoms with Crippen LogP contribution in [0.15, 0.2) is 50.1 Å². The van der Waals surface area contributed by atoms with Crippen molar-refractivity contribution in [1.82, 2.24) is 0 Å². The van der Waals surface area contributed by atoms with E-state index in [0.29, 0.717) is 56.2 Å². The number of Topliss-reactive ketones (excluding diaryl/α,β-unsaturated/α-hetero) is 1. The molecule has 0 saturated carbocycles. The van der Waals surface area contributed by atoms with Gasteiger partial charge in [0.2, 0.25) is 0 Å². The average molecular weight is 879 g/mol. The van der Waals surface area contributed by atoms with Gasteiger partial charge in [-0.1, -0.05) is 6.58 Å². The van der Waals surface area contributed by atoms with Crippen molar-refractivity contribution in [1.29, 1.82) is 0 Å². The summed E-state index contributed by atoms with van der Waals surface area (Å²) in [5.74, 6) is 1.03. The number of carbonyl (C=O) groups excluding carboxylic acids is 2. The van der Waals surface area contributed by atoms with Gasteiger partial charge in [0.1, 0.15) is 51.8 Å². The Morgan fingerprint density at radius 3 is 1.84 bits per heavy atom. The maximum absolute atomic E-state index is 10.8. The normalized spacial score (nSPS) is 12.5. The zero-order valence-corrected chi connectivity index (χ0v) is 29.7. The van der Waals surface area contributed by atoms with E-state index in [1.165, 1.54) is 6.92 Å². The molecule has 0 fully saturated rings. The van der Waals surface area contributed by atoms with Crippen molar-refractivity contribution < 1.29 is 53.4 Å². The van der Waals surface area contributed by atoms with Crippen molar-refractivity contribution in [3.8, 4) is 0 Å². The number of hydrogen-bond acceptors (Lipinski definition) is 8. The second-order valence-electron chi connectivity index (χ2n) is 8.08. The molecule has 11 heteroatoms. The predicted molar refractivity (Wildman–Crippen MR) is 165 cm³/mol. The first-order valence-electron chi connectivity index (χ1n) is 12.1.